The molecule has 3 aromatic rings. The smallest absolute Gasteiger partial charge is 0.224 e. The van der Waals surface area contributed by atoms with Crippen LogP contribution >= 0.6 is 23.2 Å². The van der Waals surface area contributed by atoms with Gasteiger partial charge >= 0.3 is 0 Å². The van der Waals surface area contributed by atoms with Crippen molar-refractivity contribution in [3.05, 3.63) is 81.1 Å². The Labute approximate surface area is 169 Å². The van der Waals surface area contributed by atoms with Crippen LogP contribution in [0.1, 0.15) is 22.5 Å². The van der Waals surface area contributed by atoms with Crippen molar-refractivity contribution in [1.82, 2.24) is 15.1 Å². The minimum absolute atomic E-state index is 0.00850. The molecule has 2 aromatic carbocycles. The van der Waals surface area contributed by atoms with E-state index in [-0.39, 0.29) is 5.91 Å². The number of hydrogen-bond donors (Lipinski definition) is 1. The quantitative estimate of drug-likeness (QED) is 0.650. The Bertz CT molecular complexity index is 931. The first kappa shape index (κ1) is 19.5. The molecule has 6 heteroatoms. The molecule has 0 saturated heterocycles. The molecule has 1 amide bonds. The minimum atomic E-state index is -0.00850. The molecule has 27 heavy (non-hydrogen) atoms. The predicted octanol–water partition coefficient (Wildman–Crippen LogP) is 4.70. The van der Waals surface area contributed by atoms with Gasteiger partial charge in [-0.05, 0) is 62.2 Å². The second-order valence-corrected chi connectivity index (χ2v) is 7.31. The van der Waals surface area contributed by atoms with Crippen LogP contribution in [0.15, 0.2) is 48.5 Å². The number of aromatic nitrogens is 2. The van der Waals surface area contributed by atoms with Gasteiger partial charge in [-0.25, -0.2) is 4.68 Å². The fourth-order valence-corrected chi connectivity index (χ4v) is 3.24. The number of halogens is 2. The number of nitrogens with zero attached hydrogens (tertiary/aromatic N) is 2. The summed E-state index contributed by atoms with van der Waals surface area (Å²) in [6.07, 6.45) is 1.08. The largest absolute Gasteiger partial charge is 0.355 e. The highest BCUT2D eigenvalue weighted by molar-refractivity contribution is 6.30. The fraction of sp³-hybridized carbons (Fsp3) is 0.238. The van der Waals surface area contributed by atoms with Crippen molar-refractivity contribution in [1.29, 1.82) is 0 Å². The molecule has 0 aliphatic carbocycles. The van der Waals surface area contributed by atoms with Crippen LogP contribution in [0.5, 0.6) is 0 Å². The molecule has 140 valence electrons. The standard InChI is InChI=1S/C21H21Cl2N3O/c1-14-20(15(2)26(25-14)19-9-7-18(23)8-10-19)13-21(27)24-12-11-16-3-5-17(22)6-4-16/h3-10H,11-13H2,1-2H3,(H,24,27). The maximum atomic E-state index is 12.4. The van der Waals surface area contributed by atoms with Gasteiger partial charge in [-0.15, -0.1) is 0 Å². The Morgan fingerprint density at radius 3 is 2.22 bits per heavy atom. The molecule has 0 bridgehead atoms. The number of hydrogen-bond acceptors (Lipinski definition) is 2. The lowest BCUT2D eigenvalue weighted by Gasteiger charge is -2.07. The Kier molecular flexibility index (Phi) is 6.19. The van der Waals surface area contributed by atoms with Crippen LogP contribution in [0, 0.1) is 13.8 Å². The van der Waals surface area contributed by atoms with Gasteiger partial charge < -0.3 is 5.32 Å². The fourth-order valence-electron chi connectivity index (χ4n) is 2.98. The van der Waals surface area contributed by atoms with Crippen LogP contribution in [-0.2, 0) is 17.6 Å². The van der Waals surface area contributed by atoms with Crippen molar-refractivity contribution in [2.24, 2.45) is 0 Å². The number of benzene rings is 2. The lowest BCUT2D eigenvalue weighted by molar-refractivity contribution is -0.120. The second-order valence-electron chi connectivity index (χ2n) is 6.44. The summed E-state index contributed by atoms with van der Waals surface area (Å²) in [5.41, 5.74) is 4.84. The first-order chi connectivity index (χ1) is 12.9. The van der Waals surface area contributed by atoms with Crippen molar-refractivity contribution in [3.63, 3.8) is 0 Å². The van der Waals surface area contributed by atoms with E-state index >= 15 is 0 Å². The lowest BCUT2D eigenvalue weighted by atomic mass is 10.1. The van der Waals surface area contributed by atoms with Gasteiger partial charge in [-0.2, -0.15) is 5.10 Å². The van der Waals surface area contributed by atoms with Crippen molar-refractivity contribution in [2.75, 3.05) is 6.54 Å². The zero-order chi connectivity index (χ0) is 19.4. The molecule has 0 spiro atoms. The molecule has 0 fully saturated rings. The third-order valence-electron chi connectivity index (χ3n) is 4.50. The van der Waals surface area contributed by atoms with E-state index in [4.69, 9.17) is 23.2 Å². The van der Waals surface area contributed by atoms with Crippen LogP contribution in [0.25, 0.3) is 5.69 Å². The Balaban J connectivity index is 1.62. The van der Waals surface area contributed by atoms with Crippen LogP contribution in [-0.4, -0.2) is 22.2 Å². The van der Waals surface area contributed by atoms with E-state index in [0.29, 0.717) is 23.0 Å². The van der Waals surface area contributed by atoms with Crippen molar-refractivity contribution in [2.45, 2.75) is 26.7 Å². The van der Waals surface area contributed by atoms with Gasteiger partial charge in [0.1, 0.15) is 0 Å². The van der Waals surface area contributed by atoms with E-state index in [0.717, 1.165) is 34.6 Å². The lowest BCUT2D eigenvalue weighted by Crippen LogP contribution is -2.27. The predicted molar refractivity (Wildman–Crippen MR) is 110 cm³/mol. The van der Waals surface area contributed by atoms with E-state index in [1.165, 1.54) is 0 Å². The van der Waals surface area contributed by atoms with Crippen molar-refractivity contribution < 1.29 is 4.79 Å². The highest BCUT2D eigenvalue weighted by Crippen LogP contribution is 2.20. The van der Waals surface area contributed by atoms with Gasteiger partial charge in [0, 0.05) is 27.8 Å². The third-order valence-corrected chi connectivity index (χ3v) is 5.00. The molecular weight excluding hydrogens is 381 g/mol. The minimum Gasteiger partial charge on any atom is -0.355 e. The molecule has 1 aromatic heterocycles. The molecule has 0 aliphatic heterocycles. The van der Waals surface area contributed by atoms with E-state index in [1.807, 2.05) is 67.1 Å². The van der Waals surface area contributed by atoms with Gasteiger partial charge in [0.2, 0.25) is 5.91 Å². The van der Waals surface area contributed by atoms with E-state index < -0.39 is 0 Å². The van der Waals surface area contributed by atoms with Crippen molar-refractivity contribution in [3.8, 4) is 5.69 Å². The molecule has 1 N–H and O–H groups in total. The van der Waals surface area contributed by atoms with Gasteiger partial charge in [0.25, 0.3) is 0 Å². The maximum Gasteiger partial charge on any atom is 0.224 e. The molecular formula is C21H21Cl2N3O. The average molecular weight is 402 g/mol. The number of carbonyl (C=O) groups is 1. The summed E-state index contributed by atoms with van der Waals surface area (Å²) in [4.78, 5) is 12.4. The summed E-state index contributed by atoms with van der Waals surface area (Å²) in [5, 5.41) is 8.95. The first-order valence-corrected chi connectivity index (χ1v) is 9.52. The molecule has 0 saturated carbocycles. The number of amides is 1. The monoisotopic (exact) mass is 401 g/mol. The molecule has 3 rings (SSSR count). The van der Waals surface area contributed by atoms with E-state index in [1.54, 1.807) is 0 Å². The molecule has 4 nitrogen and oxygen atoms in total. The summed E-state index contributed by atoms with van der Waals surface area (Å²) in [6.45, 7) is 4.49. The van der Waals surface area contributed by atoms with Crippen LogP contribution in [0.2, 0.25) is 10.0 Å². The molecule has 0 aliphatic rings. The zero-order valence-corrected chi connectivity index (χ0v) is 16.8. The summed E-state index contributed by atoms with van der Waals surface area (Å²) >= 11 is 11.8. The SMILES string of the molecule is Cc1nn(-c2ccc(Cl)cc2)c(C)c1CC(=O)NCCc1ccc(Cl)cc1. The first-order valence-electron chi connectivity index (χ1n) is 8.76. The van der Waals surface area contributed by atoms with E-state index in [2.05, 4.69) is 10.4 Å². The van der Waals surface area contributed by atoms with Gasteiger partial charge in [0.05, 0.1) is 17.8 Å². The number of rotatable bonds is 6. The van der Waals surface area contributed by atoms with Crippen LogP contribution < -0.4 is 5.32 Å². The summed E-state index contributed by atoms with van der Waals surface area (Å²) in [5.74, 6) is -0.00850. The highest BCUT2D eigenvalue weighted by atomic mass is 35.5. The van der Waals surface area contributed by atoms with Gasteiger partial charge in [0.15, 0.2) is 0 Å². The molecule has 0 atom stereocenters. The Hall–Kier alpha value is -2.30. The summed E-state index contributed by atoms with van der Waals surface area (Å²) in [6, 6.07) is 15.1. The average Bonchev–Trinajstić information content (AvgIpc) is 2.92. The molecule has 0 unspecified atom stereocenters. The summed E-state index contributed by atoms with van der Waals surface area (Å²) in [7, 11) is 0. The highest BCUT2D eigenvalue weighted by Gasteiger charge is 2.15. The third kappa shape index (κ3) is 4.90. The topological polar surface area (TPSA) is 46.9 Å². The van der Waals surface area contributed by atoms with Gasteiger partial charge in [-0.3, -0.25) is 4.79 Å². The van der Waals surface area contributed by atoms with E-state index in [9.17, 15) is 4.79 Å². The zero-order valence-electron chi connectivity index (χ0n) is 15.3. The van der Waals surface area contributed by atoms with Crippen molar-refractivity contribution >= 4 is 29.1 Å². The van der Waals surface area contributed by atoms with Gasteiger partial charge in [-0.1, -0.05) is 35.3 Å². The Morgan fingerprint density at radius 1 is 1.00 bits per heavy atom. The van der Waals surface area contributed by atoms with Crippen LogP contribution in [0.4, 0.5) is 0 Å². The molecule has 1 heterocycles. The molecule has 0 radical (unpaired) electrons. The normalized spacial score (nSPS) is 10.8. The summed E-state index contributed by atoms with van der Waals surface area (Å²) < 4.78 is 1.85. The van der Waals surface area contributed by atoms with Crippen LogP contribution in [0.3, 0.4) is 0 Å². The second kappa shape index (κ2) is 8.59. The number of aryl methyl sites for hydroxylation is 1. The number of carbonyl (C=O) groups excluding carboxylic acids is 1. The number of nitrogens with one attached hydrogen (secondary N) is 1. The Morgan fingerprint density at radius 2 is 1.59 bits per heavy atom. The maximum absolute atomic E-state index is 12.4.